The van der Waals surface area contributed by atoms with Crippen molar-refractivity contribution in [2.24, 2.45) is 0 Å². The third-order valence-electron chi connectivity index (χ3n) is 2.56. The maximum Gasteiger partial charge on any atom is 0.0452 e. The van der Waals surface area contributed by atoms with Crippen molar-refractivity contribution in [2.75, 3.05) is 12.8 Å². The van der Waals surface area contributed by atoms with Crippen LogP contribution in [0.25, 0.3) is 0 Å². The minimum atomic E-state index is 0.752. The van der Waals surface area contributed by atoms with Gasteiger partial charge in [-0.2, -0.15) is 0 Å². The van der Waals surface area contributed by atoms with Crippen LogP contribution in [0.3, 0.4) is 0 Å². The maximum absolute atomic E-state index is 6.16. The molecule has 2 rings (SSSR count). The molecule has 0 saturated heterocycles. The van der Waals surface area contributed by atoms with E-state index in [1.807, 2.05) is 18.2 Å². The van der Waals surface area contributed by atoms with Crippen LogP contribution in [0, 0.1) is 0 Å². The Morgan fingerprint density at radius 2 is 2.11 bits per heavy atom. The molecule has 5 heteroatoms. The summed E-state index contributed by atoms with van der Waals surface area (Å²) in [6.45, 7) is 1.70. The fourth-order valence-electron chi connectivity index (χ4n) is 1.77. The molecule has 1 heterocycles. The van der Waals surface area contributed by atoms with Gasteiger partial charge in [-0.05, 0) is 52.8 Å². The summed E-state index contributed by atoms with van der Waals surface area (Å²) >= 11 is 11.4. The van der Waals surface area contributed by atoms with E-state index >= 15 is 0 Å². The second-order valence-electron chi connectivity index (χ2n) is 4.25. The van der Waals surface area contributed by atoms with E-state index in [0.717, 1.165) is 33.8 Å². The average Bonchev–Trinajstić information content (AvgIpc) is 2.69. The highest BCUT2D eigenvalue weighted by Gasteiger charge is 2.07. The van der Waals surface area contributed by atoms with E-state index in [1.54, 1.807) is 11.3 Å². The number of benzene rings is 1. The van der Waals surface area contributed by atoms with Gasteiger partial charge in [-0.25, -0.2) is 0 Å². The zero-order valence-corrected chi connectivity index (χ0v) is 13.1. The van der Waals surface area contributed by atoms with Crippen LogP contribution in [-0.4, -0.2) is 11.9 Å². The lowest BCUT2D eigenvalue weighted by Crippen LogP contribution is -2.16. The van der Waals surface area contributed by atoms with Gasteiger partial charge in [0.1, 0.15) is 0 Å². The van der Waals surface area contributed by atoms with E-state index in [1.165, 1.54) is 4.88 Å². The van der Waals surface area contributed by atoms with Crippen molar-refractivity contribution in [3.05, 3.63) is 49.6 Å². The molecule has 18 heavy (non-hydrogen) atoms. The Balaban J connectivity index is 2.02. The van der Waals surface area contributed by atoms with Crippen molar-refractivity contribution in [1.82, 2.24) is 4.90 Å². The van der Waals surface area contributed by atoms with Crippen molar-refractivity contribution in [3.63, 3.8) is 0 Å². The Morgan fingerprint density at radius 3 is 2.78 bits per heavy atom. The highest BCUT2D eigenvalue weighted by Crippen LogP contribution is 2.23. The molecule has 1 aromatic carbocycles. The van der Waals surface area contributed by atoms with E-state index in [9.17, 15) is 0 Å². The number of anilines is 1. The second-order valence-corrected chi connectivity index (χ2v) is 6.57. The zero-order valence-electron chi connectivity index (χ0n) is 9.99. The monoisotopic (exact) mass is 344 g/mol. The molecule has 0 radical (unpaired) electrons. The lowest BCUT2D eigenvalue weighted by atomic mass is 10.2. The van der Waals surface area contributed by atoms with Gasteiger partial charge in [0.05, 0.1) is 0 Å². The van der Waals surface area contributed by atoms with Gasteiger partial charge < -0.3 is 5.73 Å². The number of nitrogens with two attached hydrogens (primary N) is 1. The first-order valence-electron chi connectivity index (χ1n) is 5.50. The summed E-state index contributed by atoms with van der Waals surface area (Å²) in [6, 6.07) is 7.75. The largest absolute Gasteiger partial charge is 0.399 e. The zero-order chi connectivity index (χ0) is 13.1. The molecule has 2 nitrogen and oxygen atoms in total. The summed E-state index contributed by atoms with van der Waals surface area (Å²) in [5, 5.41) is 2.86. The number of thiophene rings is 1. The predicted octanol–water partition coefficient (Wildman–Crippen LogP) is 4.38. The molecule has 0 aliphatic carbocycles. The number of nitrogens with zero attached hydrogens (tertiary/aromatic N) is 1. The first-order valence-corrected chi connectivity index (χ1v) is 7.55. The molecule has 0 saturated carbocycles. The van der Waals surface area contributed by atoms with Crippen LogP contribution in [0.15, 0.2) is 34.1 Å². The van der Waals surface area contributed by atoms with Gasteiger partial charge in [0.25, 0.3) is 0 Å². The van der Waals surface area contributed by atoms with Crippen molar-refractivity contribution in [1.29, 1.82) is 0 Å². The first kappa shape index (κ1) is 13.9. The smallest absolute Gasteiger partial charge is 0.0452 e. The van der Waals surface area contributed by atoms with E-state index < -0.39 is 0 Å². The number of nitrogen functional groups attached to an aromatic ring is 1. The molecule has 0 fully saturated rings. The van der Waals surface area contributed by atoms with Crippen LogP contribution in [0.4, 0.5) is 5.69 Å². The molecule has 0 spiro atoms. The van der Waals surface area contributed by atoms with Gasteiger partial charge >= 0.3 is 0 Å². The third-order valence-corrected chi connectivity index (χ3v) is 4.61. The molecule has 0 amide bonds. The summed E-state index contributed by atoms with van der Waals surface area (Å²) < 4.78 is 1.14. The molecule has 0 unspecified atom stereocenters. The summed E-state index contributed by atoms with van der Waals surface area (Å²) in [7, 11) is 2.08. The van der Waals surface area contributed by atoms with Crippen molar-refractivity contribution in [2.45, 2.75) is 13.1 Å². The van der Waals surface area contributed by atoms with Crippen LogP contribution in [-0.2, 0) is 13.1 Å². The Labute approximate surface area is 124 Å². The molecular weight excluding hydrogens is 332 g/mol. The summed E-state index contributed by atoms with van der Waals surface area (Å²) in [5.74, 6) is 0. The lowest BCUT2D eigenvalue weighted by Gasteiger charge is -2.16. The quantitative estimate of drug-likeness (QED) is 0.833. The van der Waals surface area contributed by atoms with Gasteiger partial charge in [-0.3, -0.25) is 4.90 Å². The molecule has 0 aliphatic heterocycles. The van der Waals surface area contributed by atoms with Gasteiger partial charge in [0.2, 0.25) is 0 Å². The van der Waals surface area contributed by atoms with Crippen LogP contribution in [0.2, 0.25) is 5.02 Å². The Bertz CT molecular complexity index is 542. The highest BCUT2D eigenvalue weighted by molar-refractivity contribution is 9.10. The third kappa shape index (κ3) is 3.72. The van der Waals surface area contributed by atoms with Crippen LogP contribution >= 0.6 is 38.9 Å². The number of rotatable bonds is 4. The molecular formula is C13H14BrClN2S. The summed E-state index contributed by atoms with van der Waals surface area (Å²) in [6.07, 6.45) is 0. The molecule has 96 valence electrons. The van der Waals surface area contributed by atoms with Crippen molar-refractivity contribution < 1.29 is 0 Å². The SMILES string of the molecule is CN(Cc1cc(Br)cs1)Cc1cc(N)ccc1Cl. The van der Waals surface area contributed by atoms with E-state index in [2.05, 4.69) is 39.3 Å². The Morgan fingerprint density at radius 1 is 1.33 bits per heavy atom. The fraction of sp³-hybridized carbons (Fsp3) is 0.231. The standard InChI is InChI=1S/C13H14BrClN2S/c1-17(7-12-5-10(14)8-18-12)6-9-4-11(16)2-3-13(9)15/h2-5,8H,6-7,16H2,1H3. The Kier molecular flexibility index (Phi) is 4.67. The van der Waals surface area contributed by atoms with Crippen molar-refractivity contribution >= 4 is 44.6 Å². The molecule has 1 aromatic heterocycles. The topological polar surface area (TPSA) is 29.3 Å². The highest BCUT2D eigenvalue weighted by atomic mass is 79.9. The molecule has 0 atom stereocenters. The lowest BCUT2D eigenvalue weighted by molar-refractivity contribution is 0.322. The summed E-state index contributed by atoms with van der Waals surface area (Å²) in [5.41, 5.74) is 7.59. The van der Waals surface area contributed by atoms with Gasteiger partial charge in [-0.15, -0.1) is 11.3 Å². The van der Waals surface area contributed by atoms with E-state index in [-0.39, 0.29) is 0 Å². The minimum absolute atomic E-state index is 0.752. The van der Waals surface area contributed by atoms with Crippen molar-refractivity contribution in [3.8, 4) is 0 Å². The first-order chi connectivity index (χ1) is 8.54. The molecule has 0 bridgehead atoms. The number of hydrogen-bond acceptors (Lipinski definition) is 3. The molecule has 0 aliphatic rings. The van der Waals surface area contributed by atoms with Crippen LogP contribution < -0.4 is 5.73 Å². The summed E-state index contributed by atoms with van der Waals surface area (Å²) in [4.78, 5) is 3.54. The second kappa shape index (κ2) is 6.06. The predicted molar refractivity (Wildman–Crippen MR) is 83.1 cm³/mol. The number of halogens is 2. The molecule has 2 N–H and O–H groups in total. The maximum atomic E-state index is 6.16. The van der Waals surface area contributed by atoms with Gasteiger partial charge in [0.15, 0.2) is 0 Å². The fourth-order valence-corrected chi connectivity index (χ4v) is 3.47. The minimum Gasteiger partial charge on any atom is -0.399 e. The normalized spacial score (nSPS) is 11.1. The van der Waals surface area contributed by atoms with Gasteiger partial charge in [-0.1, -0.05) is 11.6 Å². The van der Waals surface area contributed by atoms with E-state index in [0.29, 0.717) is 0 Å². The van der Waals surface area contributed by atoms with E-state index in [4.69, 9.17) is 17.3 Å². The number of hydrogen-bond donors (Lipinski definition) is 1. The molecule has 2 aromatic rings. The van der Waals surface area contributed by atoms with Gasteiger partial charge in [0, 0.05) is 38.5 Å². The average molecular weight is 346 g/mol. The van der Waals surface area contributed by atoms with Crippen LogP contribution in [0.5, 0.6) is 0 Å². The Hall–Kier alpha value is -0.550. The van der Waals surface area contributed by atoms with Crippen LogP contribution in [0.1, 0.15) is 10.4 Å².